The maximum absolute atomic E-state index is 13.1. The van der Waals surface area contributed by atoms with Gasteiger partial charge in [-0.1, -0.05) is 6.92 Å². The van der Waals surface area contributed by atoms with Crippen LogP contribution in [0.5, 0.6) is 0 Å². The topological polar surface area (TPSA) is 110 Å². The van der Waals surface area contributed by atoms with E-state index < -0.39 is 21.3 Å². The maximum atomic E-state index is 13.1. The summed E-state index contributed by atoms with van der Waals surface area (Å²) in [4.78, 5) is 40.0. The van der Waals surface area contributed by atoms with Crippen molar-refractivity contribution in [1.82, 2.24) is 18.8 Å². The average molecular weight is 463 g/mol. The molecule has 1 saturated heterocycles. The molecule has 1 aromatic heterocycles. The number of aromatic nitrogens is 2. The normalized spacial score (nSPS) is 21.9. The number of nitrogens with zero attached hydrogens (tertiary/aromatic N) is 3. The van der Waals surface area contributed by atoms with Gasteiger partial charge < -0.3 is 4.90 Å². The first-order valence-electron chi connectivity index (χ1n) is 11.2. The first-order chi connectivity index (χ1) is 15.2. The van der Waals surface area contributed by atoms with Gasteiger partial charge in [-0.2, -0.15) is 0 Å². The van der Waals surface area contributed by atoms with Gasteiger partial charge in [-0.15, -0.1) is 0 Å². The van der Waals surface area contributed by atoms with E-state index in [1.54, 1.807) is 4.90 Å². The number of sulfonamides is 1. The zero-order chi connectivity index (χ0) is 23.0. The van der Waals surface area contributed by atoms with Crippen LogP contribution in [0.2, 0.25) is 0 Å². The quantitative estimate of drug-likeness (QED) is 0.717. The predicted octanol–water partition coefficient (Wildman–Crippen LogP) is 1.18. The van der Waals surface area contributed by atoms with E-state index in [4.69, 9.17) is 0 Å². The molecular weight excluding hydrogens is 432 g/mol. The van der Waals surface area contributed by atoms with Crippen LogP contribution in [0, 0.1) is 5.92 Å². The molecule has 0 spiro atoms. The molecule has 1 aliphatic heterocycles. The summed E-state index contributed by atoms with van der Waals surface area (Å²) in [6, 6.07) is 4.07. The molecule has 32 heavy (non-hydrogen) atoms. The summed E-state index contributed by atoms with van der Waals surface area (Å²) in [6.45, 7) is 3.06. The number of aryl methyl sites for hydroxylation is 1. The molecule has 2 aliphatic rings. The molecule has 2 aromatic rings. The van der Waals surface area contributed by atoms with E-state index >= 15 is 0 Å². The lowest BCUT2D eigenvalue weighted by Gasteiger charge is -2.26. The van der Waals surface area contributed by atoms with E-state index in [9.17, 15) is 22.8 Å². The maximum Gasteiger partial charge on any atom is 0.331 e. The van der Waals surface area contributed by atoms with Crippen LogP contribution in [0.25, 0.3) is 10.9 Å². The summed E-state index contributed by atoms with van der Waals surface area (Å²) < 4.78 is 30.9. The highest BCUT2D eigenvalue weighted by Crippen LogP contribution is 2.25. The van der Waals surface area contributed by atoms with Crippen LogP contribution in [0.3, 0.4) is 0 Å². The Morgan fingerprint density at radius 1 is 1.09 bits per heavy atom. The Morgan fingerprint density at radius 2 is 1.75 bits per heavy atom. The van der Waals surface area contributed by atoms with Gasteiger partial charge in [-0.05, 0) is 62.6 Å². The molecule has 2 fully saturated rings. The van der Waals surface area contributed by atoms with Crippen LogP contribution in [0.1, 0.15) is 45.4 Å². The molecule has 0 radical (unpaired) electrons. The summed E-state index contributed by atoms with van der Waals surface area (Å²) >= 11 is 0. The zero-order valence-electron chi connectivity index (χ0n) is 18.5. The van der Waals surface area contributed by atoms with Crippen molar-refractivity contribution in [3.05, 3.63) is 39.0 Å². The Hall–Kier alpha value is -2.46. The Morgan fingerprint density at radius 3 is 2.41 bits per heavy atom. The van der Waals surface area contributed by atoms with Gasteiger partial charge in [-0.3, -0.25) is 18.7 Å². The van der Waals surface area contributed by atoms with Gasteiger partial charge >= 0.3 is 5.69 Å². The fourth-order valence-corrected chi connectivity index (χ4v) is 6.00. The highest BCUT2D eigenvalue weighted by atomic mass is 32.2. The monoisotopic (exact) mass is 462 g/mol. The van der Waals surface area contributed by atoms with E-state index in [2.05, 4.69) is 11.6 Å². The zero-order valence-corrected chi connectivity index (χ0v) is 19.4. The van der Waals surface area contributed by atoms with Gasteiger partial charge in [0.2, 0.25) is 15.9 Å². The van der Waals surface area contributed by atoms with Gasteiger partial charge in [-0.25, -0.2) is 17.9 Å². The summed E-state index contributed by atoms with van der Waals surface area (Å²) in [5.41, 5.74) is -0.922. The van der Waals surface area contributed by atoms with E-state index in [1.165, 1.54) is 29.8 Å². The minimum Gasteiger partial charge on any atom is -0.341 e. The molecule has 2 heterocycles. The fraction of sp³-hybridized carbons (Fsp3) is 0.591. The van der Waals surface area contributed by atoms with Crippen molar-refractivity contribution in [1.29, 1.82) is 0 Å². The minimum atomic E-state index is -3.82. The number of carbonyl (C=O) groups excluding carboxylic acids is 1. The summed E-state index contributed by atoms with van der Waals surface area (Å²) in [5.74, 6) is 0.317. The Bertz CT molecular complexity index is 1250. The summed E-state index contributed by atoms with van der Waals surface area (Å²) in [5, 5.41) is 0.0986. The SMILES string of the molecule is CC1CCC(NS(=O)(=O)c2ccc3c(c2)c(=O)n(CC(=O)N2CCCC2)c(=O)n3C)CC1. The number of hydrogen-bond acceptors (Lipinski definition) is 5. The third-order valence-electron chi connectivity index (χ3n) is 6.72. The van der Waals surface area contributed by atoms with Crippen LogP contribution in [-0.4, -0.2) is 47.5 Å². The van der Waals surface area contributed by atoms with Crippen molar-refractivity contribution in [2.24, 2.45) is 13.0 Å². The van der Waals surface area contributed by atoms with Crippen LogP contribution in [-0.2, 0) is 28.4 Å². The average Bonchev–Trinajstić information content (AvgIpc) is 3.31. The Labute approximate surface area is 187 Å². The first kappa shape index (κ1) is 22.7. The fourth-order valence-electron chi connectivity index (χ4n) is 4.67. The smallest absolute Gasteiger partial charge is 0.331 e. The molecule has 1 aliphatic carbocycles. The molecule has 1 amide bonds. The van der Waals surface area contributed by atoms with Gasteiger partial charge in [0.25, 0.3) is 5.56 Å². The van der Waals surface area contributed by atoms with Crippen molar-refractivity contribution in [3.8, 4) is 0 Å². The summed E-state index contributed by atoms with van der Waals surface area (Å²) in [6.07, 6.45) is 5.34. The molecule has 0 atom stereocenters. The second kappa shape index (κ2) is 8.82. The Balaban J connectivity index is 1.69. The molecule has 1 saturated carbocycles. The van der Waals surface area contributed by atoms with E-state index in [0.29, 0.717) is 24.5 Å². The predicted molar refractivity (Wildman–Crippen MR) is 121 cm³/mol. The van der Waals surface area contributed by atoms with Crippen molar-refractivity contribution in [2.75, 3.05) is 13.1 Å². The van der Waals surface area contributed by atoms with Crippen molar-refractivity contribution in [2.45, 2.75) is 62.9 Å². The largest absolute Gasteiger partial charge is 0.341 e. The number of rotatable bonds is 5. The number of amides is 1. The van der Waals surface area contributed by atoms with Crippen LogP contribution < -0.4 is 16.0 Å². The van der Waals surface area contributed by atoms with Crippen molar-refractivity contribution >= 4 is 26.8 Å². The molecule has 1 aromatic carbocycles. The molecular formula is C22H30N4O5S. The highest BCUT2D eigenvalue weighted by molar-refractivity contribution is 7.89. The number of likely N-dealkylation sites (tertiary alicyclic amines) is 1. The second-order valence-electron chi connectivity index (χ2n) is 9.08. The van der Waals surface area contributed by atoms with Gasteiger partial charge in [0, 0.05) is 26.2 Å². The Kier molecular flexibility index (Phi) is 6.26. The third-order valence-corrected chi connectivity index (χ3v) is 8.24. The van der Waals surface area contributed by atoms with Gasteiger partial charge in [0.05, 0.1) is 15.8 Å². The lowest BCUT2D eigenvalue weighted by Crippen LogP contribution is -2.44. The first-order valence-corrected chi connectivity index (χ1v) is 12.7. The van der Waals surface area contributed by atoms with Crippen LogP contribution in [0.4, 0.5) is 0 Å². The second-order valence-corrected chi connectivity index (χ2v) is 10.8. The van der Waals surface area contributed by atoms with Crippen molar-refractivity contribution < 1.29 is 13.2 Å². The number of fused-ring (bicyclic) bond motifs is 1. The number of benzene rings is 1. The minimum absolute atomic E-state index is 0.0169. The lowest BCUT2D eigenvalue weighted by atomic mass is 9.88. The molecule has 10 heteroatoms. The number of hydrogen-bond donors (Lipinski definition) is 1. The number of nitrogens with one attached hydrogen (secondary N) is 1. The standard InChI is InChI=1S/C22H30N4O5S/c1-15-5-7-16(8-6-15)23-32(30,31)17-9-10-19-18(13-17)21(28)26(22(29)24(19)2)14-20(27)25-11-3-4-12-25/h9-10,13,15-16,23H,3-8,11-12,14H2,1-2H3. The lowest BCUT2D eigenvalue weighted by molar-refractivity contribution is -0.130. The van der Waals surface area contributed by atoms with Crippen molar-refractivity contribution in [3.63, 3.8) is 0 Å². The summed E-state index contributed by atoms with van der Waals surface area (Å²) in [7, 11) is -2.31. The number of carbonyl (C=O) groups is 1. The van der Waals surface area contributed by atoms with E-state index in [1.807, 2.05) is 0 Å². The molecule has 0 unspecified atom stereocenters. The van der Waals surface area contributed by atoms with Gasteiger partial charge in [0.1, 0.15) is 6.54 Å². The molecule has 1 N–H and O–H groups in total. The molecule has 9 nitrogen and oxygen atoms in total. The van der Waals surface area contributed by atoms with Gasteiger partial charge in [0.15, 0.2) is 0 Å². The molecule has 0 bridgehead atoms. The van der Waals surface area contributed by atoms with E-state index in [-0.39, 0.29) is 28.8 Å². The van der Waals surface area contributed by atoms with Crippen LogP contribution >= 0.6 is 0 Å². The molecule has 174 valence electrons. The molecule has 4 rings (SSSR count). The third kappa shape index (κ3) is 4.38. The van der Waals surface area contributed by atoms with Crippen LogP contribution in [0.15, 0.2) is 32.7 Å². The highest BCUT2D eigenvalue weighted by Gasteiger charge is 2.26. The van der Waals surface area contributed by atoms with E-state index in [0.717, 1.165) is 43.1 Å².